The van der Waals surface area contributed by atoms with Crippen LogP contribution in [0.2, 0.25) is 0 Å². The van der Waals surface area contributed by atoms with Gasteiger partial charge < -0.3 is 33.8 Å². The van der Waals surface area contributed by atoms with Gasteiger partial charge in [-0.1, -0.05) is 312 Å². The van der Waals surface area contributed by atoms with Gasteiger partial charge in [-0.2, -0.15) is 0 Å². The largest absolute Gasteiger partial charge is 0.472 e. The molecule has 3 N–H and O–H groups in total. The summed E-state index contributed by atoms with van der Waals surface area (Å²) in [6.45, 7) is 11.8. The Hall–Kier alpha value is -1.94. The van der Waals surface area contributed by atoms with E-state index in [-0.39, 0.29) is 25.7 Å². The first-order chi connectivity index (χ1) is 43.8. The van der Waals surface area contributed by atoms with E-state index in [1.54, 1.807) is 0 Å². The summed E-state index contributed by atoms with van der Waals surface area (Å²) in [7, 11) is -9.90. The van der Waals surface area contributed by atoms with Crippen LogP contribution in [0.25, 0.3) is 0 Å². The average molecular weight is 1340 g/mol. The van der Waals surface area contributed by atoms with Gasteiger partial charge in [-0.3, -0.25) is 37.3 Å². The molecule has 0 saturated heterocycles. The summed E-state index contributed by atoms with van der Waals surface area (Å²) >= 11 is 0. The molecule has 19 heteroatoms. The van der Waals surface area contributed by atoms with E-state index in [2.05, 4.69) is 48.5 Å². The molecule has 0 heterocycles. The van der Waals surface area contributed by atoms with E-state index in [9.17, 15) is 43.2 Å². The molecule has 0 fully saturated rings. The first kappa shape index (κ1) is 89.1. The summed E-state index contributed by atoms with van der Waals surface area (Å²) in [5.41, 5.74) is 0. The van der Waals surface area contributed by atoms with Gasteiger partial charge >= 0.3 is 39.5 Å². The van der Waals surface area contributed by atoms with Gasteiger partial charge in [-0.15, -0.1) is 0 Å². The predicted molar refractivity (Wildman–Crippen MR) is 368 cm³/mol. The number of hydrogen-bond donors (Lipinski definition) is 3. The molecule has 0 bridgehead atoms. The maximum absolute atomic E-state index is 13.0. The number of rotatable bonds is 70. The van der Waals surface area contributed by atoms with Gasteiger partial charge in [0.2, 0.25) is 0 Å². The molecule has 0 rings (SSSR count). The second-order valence-electron chi connectivity index (χ2n) is 27.2. The maximum Gasteiger partial charge on any atom is 0.472 e. The van der Waals surface area contributed by atoms with Crippen molar-refractivity contribution in [2.45, 2.75) is 381 Å². The summed E-state index contributed by atoms with van der Waals surface area (Å²) < 4.78 is 68.2. The highest BCUT2D eigenvalue weighted by molar-refractivity contribution is 7.47. The molecule has 0 amide bonds. The Balaban J connectivity index is 5.16. The van der Waals surface area contributed by atoms with Crippen molar-refractivity contribution in [1.29, 1.82) is 0 Å². The van der Waals surface area contributed by atoms with Gasteiger partial charge in [0.1, 0.15) is 19.3 Å². The molecule has 0 saturated carbocycles. The number of hydrogen-bond acceptors (Lipinski definition) is 15. The fraction of sp³-hybridized carbons (Fsp3) is 0.944. The molecular weight excluding hydrogens is 1200 g/mol. The van der Waals surface area contributed by atoms with Crippen LogP contribution in [0.3, 0.4) is 0 Å². The molecule has 0 aliphatic heterocycles. The molecule has 3 unspecified atom stereocenters. The average Bonchev–Trinajstić information content (AvgIpc) is 3.58. The summed E-state index contributed by atoms with van der Waals surface area (Å²) in [5.74, 6) is 0.243. The van der Waals surface area contributed by atoms with Gasteiger partial charge in [0, 0.05) is 25.7 Å². The van der Waals surface area contributed by atoms with E-state index in [1.165, 1.54) is 167 Å². The molecule has 17 nitrogen and oxygen atoms in total. The predicted octanol–water partition coefficient (Wildman–Crippen LogP) is 20.6. The Kier molecular flexibility index (Phi) is 61.5. The fourth-order valence-corrected chi connectivity index (χ4v) is 12.4. The van der Waals surface area contributed by atoms with Crippen LogP contribution in [0.15, 0.2) is 0 Å². The highest BCUT2D eigenvalue weighted by atomic mass is 31.2. The van der Waals surface area contributed by atoms with Crippen LogP contribution in [0, 0.1) is 17.8 Å². The van der Waals surface area contributed by atoms with E-state index in [4.69, 9.17) is 37.0 Å². The smallest absolute Gasteiger partial charge is 0.462 e. The number of carbonyl (C=O) groups is 4. The molecular formula is C72H140O17P2. The highest BCUT2D eigenvalue weighted by Gasteiger charge is 2.30. The Morgan fingerprint density at radius 3 is 0.835 bits per heavy atom. The van der Waals surface area contributed by atoms with Crippen LogP contribution in [-0.2, 0) is 65.4 Å². The Morgan fingerprint density at radius 1 is 0.319 bits per heavy atom. The number of aliphatic hydroxyl groups excluding tert-OH is 1. The number of aliphatic hydroxyl groups is 1. The highest BCUT2D eigenvalue weighted by Crippen LogP contribution is 2.45. The zero-order valence-corrected chi connectivity index (χ0v) is 61.1. The molecule has 0 radical (unpaired) electrons. The van der Waals surface area contributed by atoms with Crippen molar-refractivity contribution < 1.29 is 80.2 Å². The molecule has 91 heavy (non-hydrogen) atoms. The van der Waals surface area contributed by atoms with E-state index in [0.29, 0.717) is 25.7 Å². The molecule has 6 atom stereocenters. The monoisotopic (exact) mass is 1340 g/mol. The molecule has 0 aromatic heterocycles. The fourth-order valence-electron chi connectivity index (χ4n) is 10.9. The molecule has 0 aromatic rings. The minimum atomic E-state index is -4.95. The number of ether oxygens (including phenoxy) is 4. The number of phosphoric acid groups is 2. The van der Waals surface area contributed by atoms with E-state index >= 15 is 0 Å². The SMILES string of the molecule is CCCCCCCC(=O)OC[C@H](COP(=O)(O)OC[C@H](O)COP(=O)(O)OC[C@@H](COC(=O)CCCCCCCCCCCCCC(C)C)OC(=O)CCCCCCCCCCCCCCCCCC(C)C)OC(=O)CCCCCCCCCCCCC(C)CC. The number of unbranched alkanes of at least 4 members (excludes halogenated alkanes) is 37. The minimum absolute atomic E-state index is 0.105. The third-order valence-electron chi connectivity index (χ3n) is 17.0. The summed E-state index contributed by atoms with van der Waals surface area (Å²) in [4.78, 5) is 72.4. The number of esters is 4. The van der Waals surface area contributed by atoms with Gasteiger partial charge in [0.05, 0.1) is 26.4 Å². The summed E-state index contributed by atoms with van der Waals surface area (Å²) in [5, 5.41) is 10.6. The molecule has 0 spiro atoms. The van der Waals surface area contributed by atoms with Crippen molar-refractivity contribution in [3.05, 3.63) is 0 Å². The first-order valence-electron chi connectivity index (χ1n) is 37.4. The Labute approximate surface area is 556 Å². The second kappa shape index (κ2) is 62.8. The van der Waals surface area contributed by atoms with Crippen LogP contribution in [0.5, 0.6) is 0 Å². The van der Waals surface area contributed by atoms with Crippen LogP contribution < -0.4 is 0 Å². The normalized spacial score (nSPS) is 14.5. The third kappa shape index (κ3) is 65.1. The Morgan fingerprint density at radius 2 is 0.560 bits per heavy atom. The van der Waals surface area contributed by atoms with Gasteiger partial charge in [0.25, 0.3) is 0 Å². The minimum Gasteiger partial charge on any atom is -0.462 e. The topological polar surface area (TPSA) is 237 Å². The number of carbonyl (C=O) groups excluding carboxylic acids is 4. The summed E-state index contributed by atoms with van der Waals surface area (Å²) in [6.07, 6.45) is 47.5. The van der Waals surface area contributed by atoms with Crippen LogP contribution in [-0.4, -0.2) is 96.7 Å². The lowest BCUT2D eigenvalue weighted by molar-refractivity contribution is -0.161. The van der Waals surface area contributed by atoms with Crippen molar-refractivity contribution >= 4 is 39.5 Å². The molecule has 540 valence electrons. The van der Waals surface area contributed by atoms with E-state index in [0.717, 1.165) is 114 Å². The van der Waals surface area contributed by atoms with Crippen LogP contribution in [0.4, 0.5) is 0 Å². The standard InChI is InChI=1S/C72H140O17P2/c1-8-10-11-36-46-53-69(74)82-59-67(88-71(76)56-49-42-35-29-23-22-26-32-39-45-52-65(7)9-2)61-86-90(78,79)84-57-66(73)58-85-91(80,81)87-62-68(60-83-70(75)54-47-40-33-27-21-17-19-25-31-38-44-51-64(5)6)89-72(77)55-48-41-34-28-20-16-14-12-13-15-18-24-30-37-43-50-63(3)4/h63-68,73H,8-62H2,1-7H3,(H,78,79)(H,80,81)/t65?,66-,67+,68+/m0/s1. The van der Waals surface area contributed by atoms with Gasteiger partial charge in [0.15, 0.2) is 12.2 Å². The molecule has 0 aliphatic rings. The van der Waals surface area contributed by atoms with Crippen LogP contribution in [0.1, 0.15) is 363 Å². The van der Waals surface area contributed by atoms with Crippen molar-refractivity contribution in [3.8, 4) is 0 Å². The van der Waals surface area contributed by atoms with E-state index < -0.39 is 97.5 Å². The lowest BCUT2D eigenvalue weighted by Gasteiger charge is -2.21. The zero-order chi connectivity index (χ0) is 67.3. The lowest BCUT2D eigenvalue weighted by Crippen LogP contribution is -2.30. The lowest BCUT2D eigenvalue weighted by atomic mass is 9.99. The third-order valence-corrected chi connectivity index (χ3v) is 18.9. The van der Waals surface area contributed by atoms with Crippen molar-refractivity contribution in [2.24, 2.45) is 17.8 Å². The van der Waals surface area contributed by atoms with Crippen LogP contribution >= 0.6 is 15.6 Å². The van der Waals surface area contributed by atoms with Crippen molar-refractivity contribution in [1.82, 2.24) is 0 Å². The molecule has 0 aromatic carbocycles. The van der Waals surface area contributed by atoms with Crippen molar-refractivity contribution in [2.75, 3.05) is 39.6 Å². The molecule has 0 aliphatic carbocycles. The van der Waals surface area contributed by atoms with Gasteiger partial charge in [-0.05, 0) is 43.4 Å². The quantitative estimate of drug-likeness (QED) is 0.0222. The zero-order valence-electron chi connectivity index (χ0n) is 59.3. The van der Waals surface area contributed by atoms with Crippen molar-refractivity contribution in [3.63, 3.8) is 0 Å². The van der Waals surface area contributed by atoms with E-state index in [1.807, 2.05) is 0 Å². The number of phosphoric ester groups is 2. The first-order valence-corrected chi connectivity index (χ1v) is 40.4. The Bertz CT molecular complexity index is 1790. The second-order valence-corrected chi connectivity index (χ2v) is 30.1. The van der Waals surface area contributed by atoms with Gasteiger partial charge in [-0.25, -0.2) is 9.13 Å². The summed E-state index contributed by atoms with van der Waals surface area (Å²) in [6, 6.07) is 0. The maximum atomic E-state index is 13.0.